The minimum atomic E-state index is 0.592. The Morgan fingerprint density at radius 3 is 2.33 bits per heavy atom. The average molecular weight is 256 g/mol. The molecule has 0 bridgehead atoms. The third-order valence-corrected chi connectivity index (χ3v) is 3.94. The van der Waals surface area contributed by atoms with Gasteiger partial charge in [-0.3, -0.25) is 4.90 Å². The summed E-state index contributed by atoms with van der Waals surface area (Å²) in [6.45, 7) is 13.3. The molecule has 0 spiro atoms. The molecule has 2 atom stereocenters. The molecule has 0 aromatic carbocycles. The standard InChI is InChI=1S/C15H32N2O/c1-12(2)10-16-11-13(3)17(8-9-18-5)14(4)15-6-7-15/h12-16H,6-11H2,1-5H3. The van der Waals surface area contributed by atoms with Gasteiger partial charge in [-0.1, -0.05) is 13.8 Å². The molecule has 1 saturated carbocycles. The van der Waals surface area contributed by atoms with E-state index in [2.05, 4.69) is 37.9 Å². The minimum absolute atomic E-state index is 0.592. The topological polar surface area (TPSA) is 24.5 Å². The van der Waals surface area contributed by atoms with E-state index in [1.165, 1.54) is 12.8 Å². The van der Waals surface area contributed by atoms with Crippen LogP contribution in [0.25, 0.3) is 0 Å². The van der Waals surface area contributed by atoms with Crippen molar-refractivity contribution in [2.24, 2.45) is 11.8 Å². The maximum absolute atomic E-state index is 5.25. The van der Waals surface area contributed by atoms with Gasteiger partial charge in [0.25, 0.3) is 0 Å². The third kappa shape index (κ3) is 5.68. The molecule has 0 aromatic heterocycles. The Hall–Kier alpha value is -0.120. The molecular weight excluding hydrogens is 224 g/mol. The maximum Gasteiger partial charge on any atom is 0.0589 e. The fourth-order valence-corrected chi connectivity index (χ4v) is 2.57. The van der Waals surface area contributed by atoms with Crippen molar-refractivity contribution >= 4 is 0 Å². The Labute approximate surface area is 113 Å². The van der Waals surface area contributed by atoms with Crippen LogP contribution in [0.5, 0.6) is 0 Å². The number of nitrogens with zero attached hydrogens (tertiary/aromatic N) is 1. The first-order chi connectivity index (χ1) is 8.56. The molecule has 1 fully saturated rings. The van der Waals surface area contributed by atoms with Gasteiger partial charge >= 0.3 is 0 Å². The van der Waals surface area contributed by atoms with Crippen molar-refractivity contribution in [1.29, 1.82) is 0 Å². The molecule has 2 unspecified atom stereocenters. The van der Waals surface area contributed by atoms with Gasteiger partial charge in [0.15, 0.2) is 0 Å². The zero-order valence-electron chi connectivity index (χ0n) is 12.9. The van der Waals surface area contributed by atoms with Crippen molar-refractivity contribution in [1.82, 2.24) is 10.2 Å². The highest BCUT2D eigenvalue weighted by molar-refractivity contribution is 4.87. The quantitative estimate of drug-likeness (QED) is 0.649. The van der Waals surface area contributed by atoms with E-state index in [0.717, 1.165) is 38.1 Å². The molecule has 0 saturated heterocycles. The summed E-state index contributed by atoms with van der Waals surface area (Å²) in [5, 5.41) is 3.57. The summed E-state index contributed by atoms with van der Waals surface area (Å²) in [6.07, 6.45) is 2.83. The van der Waals surface area contributed by atoms with Crippen LogP contribution in [0.1, 0.15) is 40.5 Å². The highest BCUT2D eigenvalue weighted by Gasteiger charge is 2.33. The lowest BCUT2D eigenvalue weighted by molar-refractivity contribution is 0.0866. The molecule has 3 heteroatoms. The summed E-state index contributed by atoms with van der Waals surface area (Å²) in [7, 11) is 1.79. The van der Waals surface area contributed by atoms with Gasteiger partial charge in [0.1, 0.15) is 0 Å². The first kappa shape index (κ1) is 15.9. The zero-order chi connectivity index (χ0) is 13.5. The van der Waals surface area contributed by atoms with E-state index >= 15 is 0 Å². The smallest absolute Gasteiger partial charge is 0.0589 e. The molecule has 0 amide bonds. The first-order valence-electron chi connectivity index (χ1n) is 7.51. The van der Waals surface area contributed by atoms with Crippen LogP contribution in [-0.4, -0.2) is 50.3 Å². The Kier molecular flexibility index (Phi) is 7.20. The van der Waals surface area contributed by atoms with Crippen molar-refractivity contribution in [3.05, 3.63) is 0 Å². The van der Waals surface area contributed by atoms with Crippen LogP contribution in [0.2, 0.25) is 0 Å². The fraction of sp³-hybridized carbons (Fsp3) is 1.00. The Morgan fingerprint density at radius 1 is 1.17 bits per heavy atom. The predicted octanol–water partition coefficient (Wildman–Crippen LogP) is 2.37. The molecule has 0 heterocycles. The van der Waals surface area contributed by atoms with Crippen molar-refractivity contribution in [3.63, 3.8) is 0 Å². The summed E-state index contributed by atoms with van der Waals surface area (Å²) in [6, 6.07) is 1.30. The van der Waals surface area contributed by atoms with E-state index in [9.17, 15) is 0 Å². The second-order valence-electron chi connectivity index (χ2n) is 6.21. The lowest BCUT2D eigenvalue weighted by Crippen LogP contribution is -2.48. The maximum atomic E-state index is 5.25. The van der Waals surface area contributed by atoms with E-state index in [1.807, 2.05) is 0 Å². The summed E-state index contributed by atoms with van der Waals surface area (Å²) in [5.74, 6) is 1.65. The van der Waals surface area contributed by atoms with Gasteiger partial charge in [0.2, 0.25) is 0 Å². The molecule has 108 valence electrons. The molecule has 1 rings (SSSR count). The summed E-state index contributed by atoms with van der Waals surface area (Å²) in [5.41, 5.74) is 0. The Morgan fingerprint density at radius 2 is 1.83 bits per heavy atom. The molecule has 1 aliphatic rings. The molecule has 18 heavy (non-hydrogen) atoms. The zero-order valence-corrected chi connectivity index (χ0v) is 12.9. The van der Waals surface area contributed by atoms with E-state index in [-0.39, 0.29) is 0 Å². The second-order valence-corrected chi connectivity index (χ2v) is 6.21. The number of nitrogens with one attached hydrogen (secondary N) is 1. The highest BCUT2D eigenvalue weighted by atomic mass is 16.5. The SMILES string of the molecule is COCCN(C(C)CNCC(C)C)C(C)C1CC1. The van der Waals surface area contributed by atoms with E-state index < -0.39 is 0 Å². The summed E-state index contributed by atoms with van der Waals surface area (Å²) in [4.78, 5) is 2.62. The van der Waals surface area contributed by atoms with Crippen LogP contribution in [0.4, 0.5) is 0 Å². The van der Waals surface area contributed by atoms with Crippen LogP contribution >= 0.6 is 0 Å². The lowest BCUT2D eigenvalue weighted by atomic mass is 10.1. The van der Waals surface area contributed by atoms with Gasteiger partial charge in [0.05, 0.1) is 6.61 Å². The van der Waals surface area contributed by atoms with Crippen molar-refractivity contribution < 1.29 is 4.74 Å². The van der Waals surface area contributed by atoms with E-state index in [4.69, 9.17) is 4.74 Å². The van der Waals surface area contributed by atoms with Gasteiger partial charge in [-0.2, -0.15) is 0 Å². The number of hydrogen-bond donors (Lipinski definition) is 1. The molecule has 3 nitrogen and oxygen atoms in total. The number of hydrogen-bond acceptors (Lipinski definition) is 3. The minimum Gasteiger partial charge on any atom is -0.383 e. The van der Waals surface area contributed by atoms with Crippen LogP contribution < -0.4 is 5.32 Å². The number of rotatable bonds is 10. The predicted molar refractivity (Wildman–Crippen MR) is 77.9 cm³/mol. The monoisotopic (exact) mass is 256 g/mol. The largest absolute Gasteiger partial charge is 0.383 e. The van der Waals surface area contributed by atoms with E-state index in [1.54, 1.807) is 7.11 Å². The third-order valence-electron chi connectivity index (χ3n) is 3.94. The van der Waals surface area contributed by atoms with Gasteiger partial charge in [-0.15, -0.1) is 0 Å². The number of methoxy groups -OCH3 is 1. The summed E-state index contributed by atoms with van der Waals surface area (Å²) < 4.78 is 5.25. The Balaban J connectivity index is 2.36. The molecule has 0 aliphatic heterocycles. The van der Waals surface area contributed by atoms with Crippen molar-refractivity contribution in [3.8, 4) is 0 Å². The molecule has 0 radical (unpaired) electrons. The van der Waals surface area contributed by atoms with Gasteiger partial charge in [0, 0.05) is 32.3 Å². The summed E-state index contributed by atoms with van der Waals surface area (Å²) >= 11 is 0. The Bertz CT molecular complexity index is 217. The molecule has 0 aromatic rings. The molecular formula is C15H32N2O. The second kappa shape index (κ2) is 8.13. The van der Waals surface area contributed by atoms with Gasteiger partial charge < -0.3 is 10.1 Å². The first-order valence-corrected chi connectivity index (χ1v) is 7.51. The van der Waals surface area contributed by atoms with E-state index in [0.29, 0.717) is 12.1 Å². The van der Waals surface area contributed by atoms with Gasteiger partial charge in [-0.05, 0) is 45.1 Å². The van der Waals surface area contributed by atoms with Crippen LogP contribution in [0.15, 0.2) is 0 Å². The van der Waals surface area contributed by atoms with Crippen LogP contribution in [0.3, 0.4) is 0 Å². The van der Waals surface area contributed by atoms with Crippen LogP contribution in [0, 0.1) is 11.8 Å². The molecule has 1 aliphatic carbocycles. The highest BCUT2D eigenvalue weighted by Crippen LogP contribution is 2.35. The average Bonchev–Trinajstić information content (AvgIpc) is 3.12. The van der Waals surface area contributed by atoms with Crippen LogP contribution in [-0.2, 0) is 4.74 Å². The molecule has 1 N–H and O–H groups in total. The van der Waals surface area contributed by atoms with Gasteiger partial charge in [-0.25, -0.2) is 0 Å². The fourth-order valence-electron chi connectivity index (χ4n) is 2.57. The lowest BCUT2D eigenvalue weighted by Gasteiger charge is -2.35. The van der Waals surface area contributed by atoms with Crippen molar-refractivity contribution in [2.45, 2.75) is 52.6 Å². The van der Waals surface area contributed by atoms with Crippen molar-refractivity contribution in [2.75, 3.05) is 33.4 Å². The number of ether oxygens (including phenoxy) is 1. The normalized spacial score (nSPS) is 19.5.